The molecular weight excluding hydrogens is 214 g/mol. The van der Waals surface area contributed by atoms with Gasteiger partial charge in [0, 0.05) is 6.54 Å². The van der Waals surface area contributed by atoms with Crippen molar-refractivity contribution in [2.75, 3.05) is 26.7 Å². The first-order valence-corrected chi connectivity index (χ1v) is 6.10. The Balaban J connectivity index is 2.35. The topological polar surface area (TPSA) is 29.5 Å². The molecule has 0 aromatic heterocycles. The van der Waals surface area contributed by atoms with Crippen molar-refractivity contribution in [2.45, 2.75) is 18.8 Å². The van der Waals surface area contributed by atoms with E-state index in [0.29, 0.717) is 6.61 Å². The number of nitrogens with zero attached hydrogens (tertiary/aromatic N) is 1. The predicted molar refractivity (Wildman–Crippen MR) is 66.9 cm³/mol. The number of ether oxygens (including phenoxy) is 1. The smallest absolute Gasteiger partial charge is 0.317 e. The van der Waals surface area contributed by atoms with Crippen LogP contribution in [0.3, 0.4) is 0 Å². The molecule has 17 heavy (non-hydrogen) atoms. The molecule has 0 saturated carbocycles. The molecule has 1 aliphatic rings. The molecule has 0 aliphatic carbocycles. The third kappa shape index (κ3) is 2.20. The van der Waals surface area contributed by atoms with E-state index in [0.717, 1.165) is 25.1 Å². The third-order valence-corrected chi connectivity index (χ3v) is 3.45. The van der Waals surface area contributed by atoms with Crippen LogP contribution in [0.4, 0.5) is 0 Å². The van der Waals surface area contributed by atoms with E-state index in [9.17, 15) is 4.79 Å². The summed E-state index contributed by atoms with van der Waals surface area (Å²) in [6, 6.07) is 9.98. The van der Waals surface area contributed by atoms with Crippen LogP contribution in [0.1, 0.15) is 18.9 Å². The largest absolute Gasteiger partial charge is 0.465 e. The fourth-order valence-electron chi connectivity index (χ4n) is 2.55. The number of carbonyl (C=O) groups excluding carboxylic acids is 1. The fourth-order valence-corrected chi connectivity index (χ4v) is 2.55. The summed E-state index contributed by atoms with van der Waals surface area (Å²) in [7, 11) is 2.05. The Morgan fingerprint density at radius 2 is 2.12 bits per heavy atom. The van der Waals surface area contributed by atoms with Gasteiger partial charge in [0.05, 0.1) is 6.61 Å². The Kier molecular flexibility index (Phi) is 3.48. The van der Waals surface area contributed by atoms with Crippen LogP contribution < -0.4 is 0 Å². The van der Waals surface area contributed by atoms with Crippen LogP contribution >= 0.6 is 0 Å². The Morgan fingerprint density at radius 1 is 1.41 bits per heavy atom. The maximum absolute atomic E-state index is 12.3. The maximum atomic E-state index is 12.3. The lowest BCUT2D eigenvalue weighted by Crippen LogP contribution is -2.39. The van der Waals surface area contributed by atoms with Crippen LogP contribution in [0.15, 0.2) is 30.3 Å². The van der Waals surface area contributed by atoms with Gasteiger partial charge in [-0.3, -0.25) is 4.79 Å². The predicted octanol–water partition coefficient (Wildman–Crippen LogP) is 1.82. The van der Waals surface area contributed by atoms with Gasteiger partial charge in [-0.05, 0) is 32.5 Å². The van der Waals surface area contributed by atoms with E-state index < -0.39 is 5.41 Å². The summed E-state index contributed by atoms with van der Waals surface area (Å²) in [5.41, 5.74) is 0.606. The molecule has 92 valence electrons. The van der Waals surface area contributed by atoms with Crippen molar-refractivity contribution in [3.63, 3.8) is 0 Å². The van der Waals surface area contributed by atoms with Gasteiger partial charge in [-0.1, -0.05) is 30.3 Å². The van der Waals surface area contributed by atoms with E-state index in [1.807, 2.05) is 44.3 Å². The van der Waals surface area contributed by atoms with Crippen LogP contribution in [-0.4, -0.2) is 37.6 Å². The minimum absolute atomic E-state index is 0.0875. The third-order valence-electron chi connectivity index (χ3n) is 3.45. The number of esters is 1. The van der Waals surface area contributed by atoms with Gasteiger partial charge >= 0.3 is 5.97 Å². The summed E-state index contributed by atoms with van der Waals surface area (Å²) >= 11 is 0. The zero-order valence-electron chi connectivity index (χ0n) is 10.5. The Morgan fingerprint density at radius 3 is 2.65 bits per heavy atom. The second-order valence-corrected chi connectivity index (χ2v) is 4.66. The summed E-state index contributed by atoms with van der Waals surface area (Å²) in [4.78, 5) is 14.4. The monoisotopic (exact) mass is 233 g/mol. The van der Waals surface area contributed by atoms with Crippen LogP contribution in [-0.2, 0) is 14.9 Å². The number of rotatable bonds is 3. The zero-order chi connectivity index (χ0) is 12.3. The van der Waals surface area contributed by atoms with Crippen molar-refractivity contribution in [3.8, 4) is 0 Å². The molecule has 3 nitrogen and oxygen atoms in total. The second-order valence-electron chi connectivity index (χ2n) is 4.66. The molecule has 2 rings (SSSR count). The van der Waals surface area contributed by atoms with Gasteiger partial charge in [-0.2, -0.15) is 0 Å². The van der Waals surface area contributed by atoms with Gasteiger partial charge in [0.2, 0.25) is 0 Å². The molecule has 0 radical (unpaired) electrons. The quantitative estimate of drug-likeness (QED) is 0.746. The summed E-state index contributed by atoms with van der Waals surface area (Å²) in [5, 5.41) is 0. The molecule has 1 aromatic rings. The molecule has 0 bridgehead atoms. The van der Waals surface area contributed by atoms with Crippen molar-refractivity contribution >= 4 is 5.97 Å². The van der Waals surface area contributed by atoms with Gasteiger partial charge in [0.25, 0.3) is 0 Å². The Hall–Kier alpha value is -1.35. The number of likely N-dealkylation sites (tertiary alicyclic amines) is 1. The van der Waals surface area contributed by atoms with Crippen LogP contribution in [0.5, 0.6) is 0 Å². The second kappa shape index (κ2) is 4.88. The van der Waals surface area contributed by atoms with E-state index in [-0.39, 0.29) is 5.97 Å². The number of hydrogen-bond acceptors (Lipinski definition) is 3. The molecular formula is C14H19NO2. The van der Waals surface area contributed by atoms with E-state index >= 15 is 0 Å². The molecule has 3 heteroatoms. The van der Waals surface area contributed by atoms with Crippen molar-refractivity contribution < 1.29 is 9.53 Å². The lowest BCUT2D eigenvalue weighted by Gasteiger charge is -2.27. The molecule has 1 atom stereocenters. The number of hydrogen-bond donors (Lipinski definition) is 0. The lowest BCUT2D eigenvalue weighted by molar-refractivity contribution is -0.149. The van der Waals surface area contributed by atoms with Gasteiger partial charge in [0.15, 0.2) is 0 Å². The number of benzene rings is 1. The highest BCUT2D eigenvalue weighted by Gasteiger charge is 2.46. The molecule has 1 saturated heterocycles. The first kappa shape index (κ1) is 12.1. The van der Waals surface area contributed by atoms with Gasteiger partial charge < -0.3 is 9.64 Å². The minimum Gasteiger partial charge on any atom is -0.465 e. The summed E-state index contributed by atoms with van der Waals surface area (Å²) in [6.07, 6.45) is 0.840. The SMILES string of the molecule is CCOC(=O)[C@]1(c2ccccc2)CCN(C)C1. The molecule has 0 amide bonds. The van der Waals surface area contributed by atoms with Gasteiger partial charge in [-0.25, -0.2) is 0 Å². The number of likely N-dealkylation sites (N-methyl/N-ethyl adjacent to an activating group) is 1. The van der Waals surface area contributed by atoms with Crippen molar-refractivity contribution in [3.05, 3.63) is 35.9 Å². The molecule has 1 heterocycles. The average Bonchev–Trinajstić information content (AvgIpc) is 2.74. The van der Waals surface area contributed by atoms with Gasteiger partial charge in [-0.15, -0.1) is 0 Å². The Bertz CT molecular complexity index is 390. The van der Waals surface area contributed by atoms with Crippen LogP contribution in [0.25, 0.3) is 0 Å². The summed E-state index contributed by atoms with van der Waals surface area (Å²) < 4.78 is 5.27. The van der Waals surface area contributed by atoms with E-state index in [1.54, 1.807) is 0 Å². The number of carbonyl (C=O) groups is 1. The van der Waals surface area contributed by atoms with Crippen molar-refractivity contribution in [1.29, 1.82) is 0 Å². The first-order chi connectivity index (χ1) is 8.19. The summed E-state index contributed by atoms with van der Waals surface area (Å²) in [5.74, 6) is -0.0875. The van der Waals surface area contributed by atoms with Gasteiger partial charge in [0.1, 0.15) is 5.41 Å². The van der Waals surface area contributed by atoms with Crippen molar-refractivity contribution in [1.82, 2.24) is 4.90 Å². The van der Waals surface area contributed by atoms with Crippen molar-refractivity contribution in [2.24, 2.45) is 0 Å². The lowest BCUT2D eigenvalue weighted by atomic mass is 9.79. The highest BCUT2D eigenvalue weighted by molar-refractivity contribution is 5.84. The average molecular weight is 233 g/mol. The molecule has 0 N–H and O–H groups in total. The highest BCUT2D eigenvalue weighted by Crippen LogP contribution is 2.35. The highest BCUT2D eigenvalue weighted by atomic mass is 16.5. The zero-order valence-corrected chi connectivity index (χ0v) is 10.5. The van der Waals surface area contributed by atoms with Crippen LogP contribution in [0, 0.1) is 0 Å². The standard InChI is InChI=1S/C14H19NO2/c1-3-17-13(16)14(9-10-15(2)11-14)12-7-5-4-6-8-12/h4-8H,3,9-11H2,1-2H3/t14-/m1/s1. The fraction of sp³-hybridized carbons (Fsp3) is 0.500. The molecule has 0 spiro atoms. The molecule has 1 aromatic carbocycles. The normalized spacial score (nSPS) is 24.8. The van der Waals surface area contributed by atoms with E-state index in [1.165, 1.54) is 0 Å². The summed E-state index contributed by atoms with van der Waals surface area (Å²) in [6.45, 7) is 3.98. The van der Waals surface area contributed by atoms with Crippen LogP contribution in [0.2, 0.25) is 0 Å². The molecule has 1 fully saturated rings. The Labute approximate surface area is 102 Å². The minimum atomic E-state index is -0.466. The first-order valence-electron chi connectivity index (χ1n) is 6.10. The molecule has 0 unspecified atom stereocenters. The maximum Gasteiger partial charge on any atom is 0.317 e. The molecule has 1 aliphatic heterocycles. The van der Waals surface area contributed by atoms with E-state index in [2.05, 4.69) is 4.90 Å². The van der Waals surface area contributed by atoms with E-state index in [4.69, 9.17) is 4.74 Å².